The van der Waals surface area contributed by atoms with Crippen LogP contribution in [-0.4, -0.2) is 57.0 Å². The number of benzene rings is 2. The molecule has 31 heavy (non-hydrogen) atoms. The van der Waals surface area contributed by atoms with Crippen LogP contribution in [0.25, 0.3) is 11.0 Å². The molecule has 164 valence electrons. The number of carbonyl (C=O) groups is 2. The van der Waals surface area contributed by atoms with Crippen molar-refractivity contribution in [2.24, 2.45) is 0 Å². The number of halogens is 1. The van der Waals surface area contributed by atoms with Gasteiger partial charge in [0.15, 0.2) is 0 Å². The molecule has 1 amide bonds. The SMILES string of the molecule is CN(C(=O)CN[C@H](Cc1nc2ccc(F)cc2[nH]1)C(=O)O)C(C)(C)Cc1ccccc1. The number of carbonyl (C=O) groups excluding carboxylic acids is 1. The Labute approximate surface area is 180 Å². The van der Waals surface area contributed by atoms with E-state index in [0.29, 0.717) is 23.3 Å². The summed E-state index contributed by atoms with van der Waals surface area (Å²) in [7, 11) is 1.72. The van der Waals surface area contributed by atoms with Gasteiger partial charge in [-0.1, -0.05) is 30.3 Å². The highest BCUT2D eigenvalue weighted by molar-refractivity contribution is 5.81. The molecule has 8 heteroatoms. The van der Waals surface area contributed by atoms with Crippen molar-refractivity contribution < 1.29 is 19.1 Å². The fourth-order valence-electron chi connectivity index (χ4n) is 3.45. The Morgan fingerprint density at radius 2 is 1.94 bits per heavy atom. The lowest BCUT2D eigenvalue weighted by Crippen LogP contribution is -2.51. The van der Waals surface area contributed by atoms with Crippen LogP contribution in [0.2, 0.25) is 0 Å². The Balaban J connectivity index is 1.62. The van der Waals surface area contributed by atoms with E-state index >= 15 is 0 Å². The van der Waals surface area contributed by atoms with E-state index in [2.05, 4.69) is 15.3 Å². The van der Waals surface area contributed by atoms with Gasteiger partial charge in [-0.05, 0) is 44.0 Å². The number of rotatable bonds is 9. The molecule has 0 saturated carbocycles. The third-order valence-corrected chi connectivity index (χ3v) is 5.45. The maximum Gasteiger partial charge on any atom is 0.321 e. The molecule has 0 aliphatic rings. The minimum atomic E-state index is -1.09. The molecule has 1 heterocycles. The largest absolute Gasteiger partial charge is 0.480 e. The maximum atomic E-state index is 13.4. The van der Waals surface area contributed by atoms with Crippen molar-refractivity contribution in [2.75, 3.05) is 13.6 Å². The molecular formula is C23H27FN4O3. The van der Waals surface area contributed by atoms with E-state index in [0.717, 1.165) is 5.56 Å². The van der Waals surface area contributed by atoms with Crippen LogP contribution in [0.3, 0.4) is 0 Å². The smallest absolute Gasteiger partial charge is 0.321 e. The average Bonchev–Trinajstić information content (AvgIpc) is 3.12. The van der Waals surface area contributed by atoms with Gasteiger partial charge in [0.25, 0.3) is 0 Å². The first-order valence-corrected chi connectivity index (χ1v) is 10.1. The van der Waals surface area contributed by atoms with Gasteiger partial charge in [-0.2, -0.15) is 0 Å². The number of likely N-dealkylation sites (N-methyl/N-ethyl adjacent to an activating group) is 1. The number of hydrogen-bond acceptors (Lipinski definition) is 4. The van der Waals surface area contributed by atoms with Gasteiger partial charge in [-0.25, -0.2) is 9.37 Å². The Kier molecular flexibility index (Phi) is 6.70. The summed E-state index contributed by atoms with van der Waals surface area (Å²) in [6.07, 6.45) is 0.712. The first kappa shape index (κ1) is 22.4. The summed E-state index contributed by atoms with van der Waals surface area (Å²) in [5, 5.41) is 12.4. The van der Waals surface area contributed by atoms with Crippen molar-refractivity contribution in [3.05, 3.63) is 65.7 Å². The van der Waals surface area contributed by atoms with Gasteiger partial charge >= 0.3 is 5.97 Å². The zero-order chi connectivity index (χ0) is 22.6. The van der Waals surface area contributed by atoms with Crippen molar-refractivity contribution >= 4 is 22.9 Å². The fourth-order valence-corrected chi connectivity index (χ4v) is 3.45. The quantitative estimate of drug-likeness (QED) is 0.489. The summed E-state index contributed by atoms with van der Waals surface area (Å²) in [4.78, 5) is 33.3. The number of hydrogen-bond donors (Lipinski definition) is 3. The number of amides is 1. The summed E-state index contributed by atoms with van der Waals surface area (Å²) in [6, 6.07) is 13.0. The fraction of sp³-hybridized carbons (Fsp3) is 0.348. The lowest BCUT2D eigenvalue weighted by molar-refractivity contribution is -0.140. The molecule has 3 aromatic rings. The highest BCUT2D eigenvalue weighted by Crippen LogP contribution is 2.19. The lowest BCUT2D eigenvalue weighted by atomic mass is 9.93. The average molecular weight is 426 g/mol. The van der Waals surface area contributed by atoms with Gasteiger partial charge in [0.1, 0.15) is 17.7 Å². The molecule has 0 fully saturated rings. The third kappa shape index (κ3) is 5.67. The summed E-state index contributed by atoms with van der Waals surface area (Å²) >= 11 is 0. The van der Waals surface area contributed by atoms with Crippen LogP contribution in [0.5, 0.6) is 0 Å². The normalized spacial score (nSPS) is 12.6. The summed E-state index contributed by atoms with van der Waals surface area (Å²) in [5.74, 6) is -1.29. The van der Waals surface area contributed by atoms with Crippen molar-refractivity contribution in [1.29, 1.82) is 0 Å². The van der Waals surface area contributed by atoms with Crippen molar-refractivity contribution in [3.8, 4) is 0 Å². The standard InChI is InChI=1S/C23H27FN4O3/c1-23(2,13-15-7-5-4-6-8-15)28(3)21(29)14-25-19(22(30)31)12-20-26-17-10-9-16(24)11-18(17)27-20/h4-11,19,25H,12-14H2,1-3H3,(H,26,27)(H,30,31)/t19-/m1/s1. The topological polar surface area (TPSA) is 98.3 Å². The number of carboxylic acid groups (broad SMARTS) is 1. The van der Waals surface area contributed by atoms with Crippen LogP contribution in [0, 0.1) is 5.82 Å². The van der Waals surface area contributed by atoms with Crippen LogP contribution in [-0.2, 0) is 22.4 Å². The molecule has 0 unspecified atom stereocenters. The van der Waals surface area contributed by atoms with Gasteiger partial charge < -0.3 is 15.0 Å². The number of imidazole rings is 1. The highest BCUT2D eigenvalue weighted by atomic mass is 19.1. The van der Waals surface area contributed by atoms with Crippen molar-refractivity contribution in [2.45, 2.75) is 38.3 Å². The molecule has 7 nitrogen and oxygen atoms in total. The van der Waals surface area contributed by atoms with E-state index in [1.807, 2.05) is 44.2 Å². The second-order valence-electron chi connectivity index (χ2n) is 8.25. The van der Waals surface area contributed by atoms with Gasteiger partial charge in [-0.3, -0.25) is 14.9 Å². The minimum Gasteiger partial charge on any atom is -0.480 e. The van der Waals surface area contributed by atoms with Gasteiger partial charge in [0, 0.05) is 19.0 Å². The van der Waals surface area contributed by atoms with Crippen LogP contribution >= 0.6 is 0 Å². The van der Waals surface area contributed by atoms with E-state index in [1.54, 1.807) is 11.9 Å². The number of aromatic nitrogens is 2. The summed E-state index contributed by atoms with van der Waals surface area (Å²) in [6.45, 7) is 3.82. The van der Waals surface area contributed by atoms with E-state index < -0.39 is 23.4 Å². The number of nitrogens with one attached hydrogen (secondary N) is 2. The summed E-state index contributed by atoms with van der Waals surface area (Å²) < 4.78 is 13.4. The molecule has 0 spiro atoms. The van der Waals surface area contributed by atoms with Crippen LogP contribution in [0.1, 0.15) is 25.2 Å². The molecule has 0 saturated heterocycles. The number of fused-ring (bicyclic) bond motifs is 1. The third-order valence-electron chi connectivity index (χ3n) is 5.45. The van der Waals surface area contributed by atoms with Crippen LogP contribution < -0.4 is 5.32 Å². The predicted octanol–water partition coefficient (Wildman–Crippen LogP) is 2.77. The van der Waals surface area contributed by atoms with E-state index in [4.69, 9.17) is 0 Å². The second-order valence-corrected chi connectivity index (χ2v) is 8.25. The molecule has 0 aliphatic carbocycles. The molecular weight excluding hydrogens is 399 g/mol. The maximum absolute atomic E-state index is 13.4. The number of H-pyrrole nitrogens is 1. The number of aromatic amines is 1. The molecule has 0 aliphatic heterocycles. The number of aliphatic carboxylic acids is 1. The van der Waals surface area contributed by atoms with Gasteiger partial charge in [0.05, 0.1) is 17.6 Å². The number of carboxylic acids is 1. The Morgan fingerprint density at radius 3 is 2.61 bits per heavy atom. The minimum absolute atomic E-state index is 0.0377. The Hall–Kier alpha value is -3.26. The number of nitrogens with zero attached hydrogens (tertiary/aromatic N) is 2. The Bertz CT molecular complexity index is 1070. The Morgan fingerprint density at radius 1 is 1.23 bits per heavy atom. The highest BCUT2D eigenvalue weighted by Gasteiger charge is 2.29. The zero-order valence-corrected chi connectivity index (χ0v) is 17.9. The van der Waals surface area contributed by atoms with E-state index in [-0.39, 0.29) is 18.9 Å². The molecule has 1 atom stereocenters. The van der Waals surface area contributed by atoms with E-state index in [1.165, 1.54) is 18.2 Å². The monoisotopic (exact) mass is 426 g/mol. The van der Waals surface area contributed by atoms with E-state index in [9.17, 15) is 19.1 Å². The van der Waals surface area contributed by atoms with Crippen molar-refractivity contribution in [3.63, 3.8) is 0 Å². The van der Waals surface area contributed by atoms with Gasteiger partial charge in [0.2, 0.25) is 5.91 Å². The molecule has 0 bridgehead atoms. The first-order valence-electron chi connectivity index (χ1n) is 10.1. The zero-order valence-electron chi connectivity index (χ0n) is 17.9. The predicted molar refractivity (Wildman–Crippen MR) is 116 cm³/mol. The van der Waals surface area contributed by atoms with Gasteiger partial charge in [-0.15, -0.1) is 0 Å². The summed E-state index contributed by atoms with van der Waals surface area (Å²) in [5.41, 5.74) is 1.73. The molecule has 3 N–H and O–H groups in total. The van der Waals surface area contributed by atoms with Crippen molar-refractivity contribution in [1.82, 2.24) is 20.2 Å². The lowest BCUT2D eigenvalue weighted by Gasteiger charge is -2.36. The molecule has 3 rings (SSSR count). The second kappa shape index (κ2) is 9.26. The molecule has 0 radical (unpaired) electrons. The molecule has 1 aromatic heterocycles. The van der Waals surface area contributed by atoms with Crippen LogP contribution in [0.4, 0.5) is 4.39 Å². The molecule has 2 aromatic carbocycles. The van der Waals surface area contributed by atoms with Crippen LogP contribution in [0.15, 0.2) is 48.5 Å². The first-order chi connectivity index (χ1) is 14.7.